The van der Waals surface area contributed by atoms with Gasteiger partial charge in [-0.1, -0.05) is 36.4 Å². The van der Waals surface area contributed by atoms with E-state index in [0.717, 1.165) is 16.3 Å². The Hall–Kier alpha value is -2.44. The van der Waals surface area contributed by atoms with Crippen molar-refractivity contribution < 1.29 is 23.8 Å². The van der Waals surface area contributed by atoms with Crippen LogP contribution in [0.2, 0.25) is 0 Å². The SMILES string of the molecule is CCOC(CC1C(=O)C2(Cc3cc4ccccc4cc31)CN(C(=O)OC(C)C)C2)OCC. The highest BCUT2D eigenvalue weighted by molar-refractivity contribution is 5.97. The normalized spacial score (nSPS) is 19.5. The Labute approximate surface area is 189 Å². The smallest absolute Gasteiger partial charge is 0.410 e. The van der Waals surface area contributed by atoms with E-state index in [0.29, 0.717) is 39.1 Å². The van der Waals surface area contributed by atoms with Crippen LogP contribution in [-0.2, 0) is 25.4 Å². The lowest BCUT2D eigenvalue weighted by Gasteiger charge is -2.52. The third-order valence-corrected chi connectivity index (χ3v) is 6.47. The van der Waals surface area contributed by atoms with E-state index in [-0.39, 0.29) is 23.9 Å². The molecule has 4 rings (SSSR count). The van der Waals surface area contributed by atoms with E-state index in [1.54, 1.807) is 4.90 Å². The minimum absolute atomic E-state index is 0.179. The minimum Gasteiger partial charge on any atom is -0.447 e. The molecule has 2 aromatic carbocycles. The Morgan fingerprint density at radius 2 is 1.72 bits per heavy atom. The number of Topliss-reactive ketones (excluding diaryl/α,β-unsaturated/α-hetero) is 1. The fourth-order valence-corrected chi connectivity index (χ4v) is 5.08. The van der Waals surface area contributed by atoms with Crippen molar-refractivity contribution in [3.8, 4) is 0 Å². The number of likely N-dealkylation sites (tertiary alicyclic amines) is 1. The fourth-order valence-electron chi connectivity index (χ4n) is 5.08. The van der Waals surface area contributed by atoms with Gasteiger partial charge in [-0.15, -0.1) is 0 Å². The number of ketones is 1. The van der Waals surface area contributed by atoms with Crippen LogP contribution in [0.1, 0.15) is 51.2 Å². The topological polar surface area (TPSA) is 65.1 Å². The van der Waals surface area contributed by atoms with Gasteiger partial charge in [0.2, 0.25) is 0 Å². The van der Waals surface area contributed by atoms with Gasteiger partial charge in [0.25, 0.3) is 0 Å². The predicted molar refractivity (Wildman–Crippen MR) is 123 cm³/mol. The second kappa shape index (κ2) is 9.20. The Kier molecular flexibility index (Phi) is 6.54. The number of carbonyl (C=O) groups excluding carboxylic acids is 2. The average molecular weight is 440 g/mol. The number of hydrogen-bond acceptors (Lipinski definition) is 5. The lowest BCUT2D eigenvalue weighted by atomic mass is 9.61. The van der Waals surface area contributed by atoms with Crippen molar-refractivity contribution in [3.63, 3.8) is 0 Å². The van der Waals surface area contributed by atoms with Gasteiger partial charge in [-0.25, -0.2) is 4.79 Å². The van der Waals surface area contributed by atoms with Crippen LogP contribution in [0.4, 0.5) is 4.79 Å². The molecule has 32 heavy (non-hydrogen) atoms. The van der Waals surface area contributed by atoms with E-state index in [1.807, 2.05) is 39.8 Å². The monoisotopic (exact) mass is 439 g/mol. The van der Waals surface area contributed by atoms with Crippen LogP contribution in [0, 0.1) is 5.41 Å². The first-order chi connectivity index (χ1) is 15.4. The van der Waals surface area contributed by atoms with Crippen LogP contribution in [-0.4, -0.2) is 55.5 Å². The molecule has 0 radical (unpaired) electrons. The van der Waals surface area contributed by atoms with E-state index in [2.05, 4.69) is 24.3 Å². The summed E-state index contributed by atoms with van der Waals surface area (Å²) in [7, 11) is 0. The van der Waals surface area contributed by atoms with Crippen molar-refractivity contribution in [1.29, 1.82) is 0 Å². The standard InChI is InChI=1S/C26H33NO5/c1-5-30-23(31-6-2)13-22-21-12-19-10-8-7-9-18(19)11-20(21)14-26(24(22)28)15-27(16-26)25(29)32-17(3)4/h7-12,17,22-23H,5-6,13-16H2,1-4H3. The van der Waals surface area contributed by atoms with Crippen LogP contribution in [0.5, 0.6) is 0 Å². The summed E-state index contributed by atoms with van der Waals surface area (Å²) in [5.74, 6) is -0.145. The lowest BCUT2D eigenvalue weighted by Crippen LogP contribution is -2.65. The fraction of sp³-hybridized carbons (Fsp3) is 0.538. The highest BCUT2D eigenvalue weighted by Crippen LogP contribution is 2.48. The molecule has 0 bridgehead atoms. The number of fused-ring (bicyclic) bond motifs is 2. The molecule has 0 N–H and O–H groups in total. The second-order valence-corrected chi connectivity index (χ2v) is 9.14. The third kappa shape index (κ3) is 4.26. The van der Waals surface area contributed by atoms with Crippen LogP contribution in [0.15, 0.2) is 36.4 Å². The lowest BCUT2D eigenvalue weighted by molar-refractivity contribution is -0.156. The molecular formula is C26H33NO5. The Balaban J connectivity index is 1.67. The zero-order valence-corrected chi connectivity index (χ0v) is 19.4. The van der Waals surface area contributed by atoms with E-state index >= 15 is 0 Å². The van der Waals surface area contributed by atoms with Crippen LogP contribution in [0.3, 0.4) is 0 Å². The largest absolute Gasteiger partial charge is 0.447 e. The van der Waals surface area contributed by atoms with Gasteiger partial charge in [0.05, 0.1) is 11.5 Å². The second-order valence-electron chi connectivity index (χ2n) is 9.14. The molecule has 6 heteroatoms. The molecule has 1 aliphatic heterocycles. The maximum Gasteiger partial charge on any atom is 0.410 e. The van der Waals surface area contributed by atoms with Crippen molar-refractivity contribution in [2.75, 3.05) is 26.3 Å². The summed E-state index contributed by atoms with van der Waals surface area (Å²) in [6.07, 6.45) is 0.154. The van der Waals surface area contributed by atoms with Gasteiger partial charge >= 0.3 is 6.09 Å². The molecule has 1 heterocycles. The zero-order chi connectivity index (χ0) is 22.9. The first-order valence-electron chi connectivity index (χ1n) is 11.6. The number of carbonyl (C=O) groups is 2. The zero-order valence-electron chi connectivity index (χ0n) is 19.4. The van der Waals surface area contributed by atoms with Crippen LogP contribution < -0.4 is 0 Å². The van der Waals surface area contributed by atoms with Crippen molar-refractivity contribution in [2.24, 2.45) is 5.41 Å². The van der Waals surface area contributed by atoms with Gasteiger partial charge in [-0.3, -0.25) is 4.79 Å². The highest BCUT2D eigenvalue weighted by atomic mass is 16.7. The Bertz CT molecular complexity index is 989. The van der Waals surface area contributed by atoms with Gasteiger partial charge in [-0.05, 0) is 56.0 Å². The molecule has 1 saturated heterocycles. The molecule has 6 nitrogen and oxygen atoms in total. The molecule has 0 aromatic heterocycles. The molecule has 1 amide bonds. The van der Waals surface area contributed by atoms with Gasteiger partial charge in [0.1, 0.15) is 0 Å². The summed E-state index contributed by atoms with van der Waals surface area (Å²) in [4.78, 5) is 27.9. The molecule has 172 valence electrons. The van der Waals surface area contributed by atoms with Crippen molar-refractivity contribution in [3.05, 3.63) is 47.5 Å². The first-order valence-corrected chi connectivity index (χ1v) is 11.6. The van der Waals surface area contributed by atoms with Crippen molar-refractivity contribution in [2.45, 2.75) is 58.8 Å². The van der Waals surface area contributed by atoms with E-state index < -0.39 is 11.7 Å². The quantitative estimate of drug-likeness (QED) is 0.586. The van der Waals surface area contributed by atoms with E-state index in [9.17, 15) is 9.59 Å². The summed E-state index contributed by atoms with van der Waals surface area (Å²) in [5, 5.41) is 2.29. The number of nitrogens with zero attached hydrogens (tertiary/aromatic N) is 1. The number of amides is 1. The number of rotatable bonds is 7. The van der Waals surface area contributed by atoms with Gasteiger partial charge in [0, 0.05) is 38.6 Å². The number of hydrogen-bond donors (Lipinski definition) is 0. The third-order valence-electron chi connectivity index (χ3n) is 6.47. The molecule has 2 aliphatic rings. The molecule has 1 unspecified atom stereocenters. The summed E-state index contributed by atoms with van der Waals surface area (Å²) in [5.41, 5.74) is 1.67. The van der Waals surface area contributed by atoms with Crippen molar-refractivity contribution >= 4 is 22.6 Å². The van der Waals surface area contributed by atoms with Crippen molar-refractivity contribution in [1.82, 2.24) is 4.90 Å². The van der Waals surface area contributed by atoms with Crippen LogP contribution >= 0.6 is 0 Å². The average Bonchev–Trinajstić information content (AvgIpc) is 2.72. The molecular weight excluding hydrogens is 406 g/mol. The summed E-state index contributed by atoms with van der Waals surface area (Å²) < 4.78 is 16.9. The van der Waals surface area contributed by atoms with E-state index in [4.69, 9.17) is 14.2 Å². The molecule has 1 atom stereocenters. The predicted octanol–water partition coefficient (Wildman–Crippen LogP) is 4.68. The minimum atomic E-state index is -0.570. The maximum atomic E-state index is 13.9. The van der Waals surface area contributed by atoms with E-state index in [1.165, 1.54) is 5.56 Å². The maximum absolute atomic E-state index is 13.9. The van der Waals surface area contributed by atoms with Gasteiger partial charge in [-0.2, -0.15) is 0 Å². The Morgan fingerprint density at radius 1 is 1.09 bits per heavy atom. The number of benzene rings is 2. The molecule has 2 aromatic rings. The first kappa shape index (κ1) is 22.7. The molecule has 1 fully saturated rings. The van der Waals surface area contributed by atoms with Gasteiger partial charge in [0.15, 0.2) is 12.1 Å². The molecule has 1 aliphatic carbocycles. The summed E-state index contributed by atoms with van der Waals surface area (Å²) >= 11 is 0. The molecule has 1 spiro atoms. The Morgan fingerprint density at radius 3 is 2.31 bits per heavy atom. The summed E-state index contributed by atoms with van der Waals surface area (Å²) in [6.45, 7) is 9.37. The van der Waals surface area contributed by atoms with Crippen LogP contribution in [0.25, 0.3) is 10.8 Å². The van der Waals surface area contributed by atoms with Gasteiger partial charge < -0.3 is 19.1 Å². The summed E-state index contributed by atoms with van der Waals surface area (Å²) in [6, 6.07) is 12.6. The molecule has 0 saturated carbocycles. The number of ether oxygens (including phenoxy) is 3. The highest BCUT2D eigenvalue weighted by Gasteiger charge is 2.56.